The van der Waals surface area contributed by atoms with Crippen LogP contribution in [0.3, 0.4) is 0 Å². The summed E-state index contributed by atoms with van der Waals surface area (Å²) in [5, 5.41) is 31.2. The second-order valence-electron chi connectivity index (χ2n) is 6.86. The molecule has 0 aliphatic rings. The molecule has 0 saturated carbocycles. The minimum absolute atomic E-state index is 0.0793. The van der Waals surface area contributed by atoms with E-state index in [4.69, 9.17) is 11.6 Å². The van der Waals surface area contributed by atoms with Crippen molar-refractivity contribution in [3.63, 3.8) is 0 Å². The van der Waals surface area contributed by atoms with Crippen LogP contribution in [-0.4, -0.2) is 16.6 Å². The Labute approximate surface area is 183 Å². The van der Waals surface area contributed by atoms with Crippen molar-refractivity contribution >= 4 is 45.8 Å². The maximum atomic E-state index is 11.7. The lowest BCUT2D eigenvalue weighted by atomic mass is 10.0. The first-order valence-corrected chi connectivity index (χ1v) is 9.85. The van der Waals surface area contributed by atoms with E-state index in [1.807, 2.05) is 60.7 Å². The fourth-order valence-corrected chi connectivity index (χ4v) is 3.44. The molecule has 0 bridgehead atoms. The molecule has 154 valence electrons. The Hall–Kier alpha value is -3.90. The van der Waals surface area contributed by atoms with E-state index in [-0.39, 0.29) is 29.4 Å². The van der Waals surface area contributed by atoms with Crippen LogP contribution in [0, 0.1) is 0 Å². The van der Waals surface area contributed by atoms with Crippen LogP contribution in [-0.2, 0) is 11.3 Å². The third-order valence-corrected chi connectivity index (χ3v) is 5.06. The molecule has 2 N–H and O–H groups in total. The van der Waals surface area contributed by atoms with Gasteiger partial charge in [-0.05, 0) is 41.8 Å². The Morgan fingerprint density at radius 3 is 2.42 bits per heavy atom. The average molecular weight is 432 g/mol. The van der Waals surface area contributed by atoms with Crippen LogP contribution in [0.5, 0.6) is 11.5 Å². The van der Waals surface area contributed by atoms with Crippen molar-refractivity contribution in [3.05, 3.63) is 89.4 Å². The average Bonchev–Trinajstić information content (AvgIpc) is 2.80. The summed E-state index contributed by atoms with van der Waals surface area (Å²) >= 11 is 5.98. The second-order valence-corrected chi connectivity index (χ2v) is 7.29. The number of benzene rings is 4. The van der Waals surface area contributed by atoms with Gasteiger partial charge in [0.15, 0.2) is 0 Å². The summed E-state index contributed by atoms with van der Waals surface area (Å²) in [6, 6.07) is 22.9. The van der Waals surface area contributed by atoms with Crippen molar-refractivity contribution in [2.75, 3.05) is 4.90 Å². The summed E-state index contributed by atoms with van der Waals surface area (Å²) < 4.78 is 0. The van der Waals surface area contributed by atoms with Gasteiger partial charge in [0.25, 0.3) is 0 Å². The zero-order chi connectivity index (χ0) is 21.8. The predicted molar refractivity (Wildman–Crippen MR) is 122 cm³/mol. The first kappa shape index (κ1) is 20.4. The highest BCUT2D eigenvalue weighted by atomic mass is 35.5. The van der Waals surface area contributed by atoms with Gasteiger partial charge in [-0.2, -0.15) is 0 Å². The van der Waals surface area contributed by atoms with Crippen molar-refractivity contribution in [1.29, 1.82) is 0 Å². The van der Waals surface area contributed by atoms with Crippen LogP contribution in [0.25, 0.3) is 10.8 Å². The minimum Gasteiger partial charge on any atom is -0.506 e. The molecule has 0 heterocycles. The number of anilines is 1. The number of amides is 1. The fourth-order valence-electron chi connectivity index (χ4n) is 3.27. The van der Waals surface area contributed by atoms with E-state index in [0.717, 1.165) is 11.8 Å². The highest BCUT2D eigenvalue weighted by Crippen LogP contribution is 2.41. The summed E-state index contributed by atoms with van der Waals surface area (Å²) in [4.78, 5) is 13.2. The van der Waals surface area contributed by atoms with Gasteiger partial charge in [0, 0.05) is 21.7 Å². The van der Waals surface area contributed by atoms with Gasteiger partial charge in [-0.3, -0.25) is 4.79 Å². The number of carbonyl (C=O) groups is 1. The molecule has 4 aromatic rings. The van der Waals surface area contributed by atoms with Crippen LogP contribution < -0.4 is 4.90 Å². The van der Waals surface area contributed by atoms with E-state index in [0.29, 0.717) is 21.7 Å². The molecule has 0 unspecified atom stereocenters. The lowest BCUT2D eigenvalue weighted by Gasteiger charge is -2.19. The first-order chi connectivity index (χ1) is 15.1. The van der Waals surface area contributed by atoms with Gasteiger partial charge in [0.1, 0.15) is 22.9 Å². The molecule has 0 radical (unpaired) electrons. The summed E-state index contributed by atoms with van der Waals surface area (Å²) in [5.74, 6) is -0.170. The number of aromatic hydroxyl groups is 2. The smallest absolute Gasteiger partial charge is 0.214 e. The molecule has 6 nitrogen and oxygen atoms in total. The molecule has 4 aromatic carbocycles. The maximum Gasteiger partial charge on any atom is 0.214 e. The topological polar surface area (TPSA) is 85.5 Å². The number of hydrogen-bond donors (Lipinski definition) is 2. The molecule has 0 fully saturated rings. The largest absolute Gasteiger partial charge is 0.506 e. The molecule has 1 amide bonds. The third kappa shape index (κ3) is 4.34. The number of phenolic OH excluding ortho intramolecular Hbond substituents is 2. The van der Waals surface area contributed by atoms with Crippen LogP contribution in [0.2, 0.25) is 5.02 Å². The van der Waals surface area contributed by atoms with Gasteiger partial charge in [0.2, 0.25) is 6.41 Å². The number of halogens is 1. The van der Waals surface area contributed by atoms with E-state index in [9.17, 15) is 15.0 Å². The third-order valence-electron chi connectivity index (χ3n) is 4.83. The highest BCUT2D eigenvalue weighted by Gasteiger charge is 2.16. The zero-order valence-electron chi connectivity index (χ0n) is 16.3. The molecular formula is C24H18ClN3O3. The van der Waals surface area contributed by atoms with Crippen molar-refractivity contribution in [3.8, 4) is 11.5 Å². The van der Waals surface area contributed by atoms with Gasteiger partial charge in [-0.1, -0.05) is 54.1 Å². The van der Waals surface area contributed by atoms with E-state index >= 15 is 0 Å². The summed E-state index contributed by atoms with van der Waals surface area (Å²) in [6.07, 6.45) is 0.717. The number of carbonyl (C=O) groups excluding carboxylic acids is 1. The quantitative estimate of drug-likeness (QED) is 0.270. The van der Waals surface area contributed by atoms with E-state index < -0.39 is 0 Å². The predicted octanol–water partition coefficient (Wildman–Crippen LogP) is 6.48. The number of rotatable bonds is 6. The number of nitrogens with zero attached hydrogens (tertiary/aromatic N) is 3. The summed E-state index contributed by atoms with van der Waals surface area (Å²) in [5.41, 5.74) is 1.64. The maximum absolute atomic E-state index is 11.7. The number of azo groups is 1. The Balaban J connectivity index is 1.80. The van der Waals surface area contributed by atoms with Crippen LogP contribution >= 0.6 is 11.6 Å². The standard InChI is InChI=1S/C24H18ClN3O3/c25-18-10-11-22(30)21(13-18)26-27-23-20-9-5-4-6-16(20)12-17(24(23)31)14-28(15-29)19-7-2-1-3-8-19/h1-13,15,30-31H,14H2. The Kier molecular flexibility index (Phi) is 5.82. The minimum atomic E-state index is -0.0910. The van der Waals surface area contributed by atoms with Gasteiger partial charge < -0.3 is 15.1 Å². The lowest BCUT2D eigenvalue weighted by molar-refractivity contribution is -0.107. The monoisotopic (exact) mass is 431 g/mol. The van der Waals surface area contributed by atoms with E-state index in [2.05, 4.69) is 10.2 Å². The molecule has 4 rings (SSSR count). The van der Waals surface area contributed by atoms with Gasteiger partial charge in [-0.15, -0.1) is 10.2 Å². The Bertz CT molecular complexity index is 1280. The molecular weight excluding hydrogens is 414 g/mol. The SMILES string of the molecule is O=CN(Cc1cc2ccccc2c(N=Nc2cc(Cl)ccc2O)c1O)c1ccccc1. The van der Waals surface area contributed by atoms with Crippen molar-refractivity contribution in [2.24, 2.45) is 10.2 Å². The number of hydrogen-bond acceptors (Lipinski definition) is 5. The molecule has 0 aromatic heterocycles. The van der Waals surface area contributed by atoms with Gasteiger partial charge >= 0.3 is 0 Å². The van der Waals surface area contributed by atoms with Gasteiger partial charge in [-0.25, -0.2) is 0 Å². The Morgan fingerprint density at radius 1 is 0.903 bits per heavy atom. The highest BCUT2D eigenvalue weighted by molar-refractivity contribution is 6.30. The van der Waals surface area contributed by atoms with Crippen molar-refractivity contribution < 1.29 is 15.0 Å². The van der Waals surface area contributed by atoms with Crippen LogP contribution in [0.4, 0.5) is 17.1 Å². The normalized spacial score (nSPS) is 11.1. The van der Waals surface area contributed by atoms with E-state index in [1.54, 1.807) is 6.07 Å². The molecule has 0 saturated heterocycles. The molecule has 0 spiro atoms. The lowest BCUT2D eigenvalue weighted by Crippen LogP contribution is -2.20. The molecule has 31 heavy (non-hydrogen) atoms. The van der Waals surface area contributed by atoms with Crippen molar-refractivity contribution in [2.45, 2.75) is 6.54 Å². The number of fused-ring (bicyclic) bond motifs is 1. The second kappa shape index (κ2) is 8.85. The first-order valence-electron chi connectivity index (χ1n) is 9.47. The molecule has 0 atom stereocenters. The molecule has 0 aliphatic heterocycles. The molecule has 7 heteroatoms. The summed E-state index contributed by atoms with van der Waals surface area (Å²) in [6.45, 7) is 0.148. The summed E-state index contributed by atoms with van der Waals surface area (Å²) in [7, 11) is 0. The van der Waals surface area contributed by atoms with Crippen LogP contribution in [0.1, 0.15) is 5.56 Å². The molecule has 0 aliphatic carbocycles. The van der Waals surface area contributed by atoms with E-state index in [1.165, 1.54) is 17.0 Å². The van der Waals surface area contributed by atoms with Crippen molar-refractivity contribution in [1.82, 2.24) is 0 Å². The number of phenols is 2. The Morgan fingerprint density at radius 2 is 1.65 bits per heavy atom. The number of para-hydroxylation sites is 1. The zero-order valence-corrected chi connectivity index (χ0v) is 17.1. The van der Waals surface area contributed by atoms with Crippen LogP contribution in [0.15, 0.2) is 89.1 Å². The van der Waals surface area contributed by atoms with Gasteiger partial charge in [0.05, 0.1) is 6.54 Å². The fraction of sp³-hybridized carbons (Fsp3) is 0.0417.